The fourth-order valence-corrected chi connectivity index (χ4v) is 2.86. The van der Waals surface area contributed by atoms with Gasteiger partial charge in [-0.3, -0.25) is 0 Å². The van der Waals surface area contributed by atoms with Gasteiger partial charge in [0, 0.05) is 32.7 Å². The molecule has 126 valence electrons. The van der Waals surface area contributed by atoms with Crippen molar-refractivity contribution in [3.8, 4) is 6.07 Å². The Balaban J connectivity index is 1.84. The van der Waals surface area contributed by atoms with Gasteiger partial charge in [0.05, 0.1) is 18.0 Å². The molecule has 1 aliphatic heterocycles. The number of aliphatic hydroxyl groups excluding tert-OH is 1. The summed E-state index contributed by atoms with van der Waals surface area (Å²) in [7, 11) is 0. The second kappa shape index (κ2) is 8.16. The molecule has 0 saturated carbocycles. The lowest BCUT2D eigenvalue weighted by Gasteiger charge is -2.32. The molecule has 2 rings (SSSR count). The van der Waals surface area contributed by atoms with Gasteiger partial charge in [0.1, 0.15) is 5.82 Å². The Kier molecular flexibility index (Phi) is 6.23. The molecule has 1 saturated heterocycles. The molecule has 1 fully saturated rings. The van der Waals surface area contributed by atoms with Gasteiger partial charge < -0.3 is 15.3 Å². The monoisotopic (exact) mass is 316 g/mol. The van der Waals surface area contributed by atoms with Crippen molar-refractivity contribution in [2.24, 2.45) is 11.3 Å². The first-order chi connectivity index (χ1) is 11.0. The lowest BCUT2D eigenvalue weighted by Crippen LogP contribution is -2.34. The van der Waals surface area contributed by atoms with Gasteiger partial charge >= 0.3 is 0 Å². The van der Waals surface area contributed by atoms with Gasteiger partial charge in [-0.15, -0.1) is 0 Å². The van der Waals surface area contributed by atoms with Crippen molar-refractivity contribution in [3.63, 3.8) is 0 Å². The quantitative estimate of drug-likeness (QED) is 0.809. The third kappa shape index (κ3) is 5.40. The van der Waals surface area contributed by atoms with Gasteiger partial charge in [-0.2, -0.15) is 5.26 Å². The van der Waals surface area contributed by atoms with Gasteiger partial charge in [0.25, 0.3) is 0 Å². The minimum atomic E-state index is 0.0856. The molecule has 2 N–H and O–H groups in total. The molecule has 0 amide bonds. The second-order valence-electron chi connectivity index (χ2n) is 7.19. The summed E-state index contributed by atoms with van der Waals surface area (Å²) < 4.78 is 0. The zero-order valence-electron chi connectivity index (χ0n) is 14.3. The first-order valence-corrected chi connectivity index (χ1v) is 8.47. The Morgan fingerprint density at radius 2 is 2.13 bits per heavy atom. The molecule has 0 unspecified atom stereocenters. The Hall–Kier alpha value is -1.80. The average Bonchev–Trinajstić information content (AvgIpc) is 2.59. The number of nitrogens with one attached hydrogen (secondary N) is 1. The molecule has 0 atom stereocenters. The first kappa shape index (κ1) is 17.6. The van der Waals surface area contributed by atoms with Crippen LogP contribution in [0.3, 0.4) is 0 Å². The Bertz CT molecular complexity index is 513. The van der Waals surface area contributed by atoms with Crippen molar-refractivity contribution >= 4 is 11.5 Å². The lowest BCUT2D eigenvalue weighted by atomic mass is 9.88. The molecule has 23 heavy (non-hydrogen) atoms. The van der Waals surface area contributed by atoms with Crippen LogP contribution in [0.25, 0.3) is 0 Å². The minimum Gasteiger partial charge on any atom is -0.396 e. The molecule has 0 spiro atoms. The van der Waals surface area contributed by atoms with Crippen LogP contribution in [0.15, 0.2) is 18.3 Å². The van der Waals surface area contributed by atoms with E-state index in [-0.39, 0.29) is 5.41 Å². The van der Waals surface area contributed by atoms with E-state index in [1.54, 1.807) is 0 Å². The topological polar surface area (TPSA) is 72.2 Å². The van der Waals surface area contributed by atoms with Crippen LogP contribution in [0.2, 0.25) is 0 Å². The number of nitriles is 1. The van der Waals surface area contributed by atoms with Crippen molar-refractivity contribution in [1.82, 2.24) is 4.98 Å². The molecule has 1 aromatic rings. The Morgan fingerprint density at radius 3 is 2.70 bits per heavy atom. The molecule has 0 aliphatic carbocycles. The second-order valence-corrected chi connectivity index (χ2v) is 7.19. The summed E-state index contributed by atoms with van der Waals surface area (Å²) in [5.41, 5.74) is 1.23. The average molecular weight is 316 g/mol. The van der Waals surface area contributed by atoms with E-state index in [9.17, 15) is 5.11 Å². The van der Waals surface area contributed by atoms with E-state index >= 15 is 0 Å². The van der Waals surface area contributed by atoms with E-state index in [1.807, 2.05) is 12.3 Å². The van der Waals surface area contributed by atoms with E-state index < -0.39 is 0 Å². The number of piperidine rings is 1. The smallest absolute Gasteiger partial charge is 0.126 e. The minimum absolute atomic E-state index is 0.0856. The SMILES string of the molecule is CC(C)(CCC#N)CNc1ccc(N2CCC(CO)CC2)cn1. The maximum Gasteiger partial charge on any atom is 0.126 e. The number of pyridine rings is 1. The van der Waals surface area contributed by atoms with Gasteiger partial charge in [0.2, 0.25) is 0 Å². The number of hydrogen-bond donors (Lipinski definition) is 2. The summed E-state index contributed by atoms with van der Waals surface area (Å²) in [6, 6.07) is 6.34. The fraction of sp³-hybridized carbons (Fsp3) is 0.667. The van der Waals surface area contributed by atoms with Crippen LogP contribution in [-0.2, 0) is 0 Å². The highest BCUT2D eigenvalue weighted by Crippen LogP contribution is 2.25. The molecule has 0 aromatic carbocycles. The molecular weight excluding hydrogens is 288 g/mol. The van der Waals surface area contributed by atoms with Gasteiger partial charge in [0.15, 0.2) is 0 Å². The number of nitrogens with zero attached hydrogens (tertiary/aromatic N) is 3. The van der Waals surface area contributed by atoms with Crippen LogP contribution >= 0.6 is 0 Å². The van der Waals surface area contributed by atoms with Crippen LogP contribution in [0.4, 0.5) is 11.5 Å². The van der Waals surface area contributed by atoms with Crippen LogP contribution in [0, 0.1) is 22.7 Å². The lowest BCUT2D eigenvalue weighted by molar-refractivity contribution is 0.203. The van der Waals surface area contributed by atoms with Crippen molar-refractivity contribution in [2.75, 3.05) is 36.5 Å². The summed E-state index contributed by atoms with van der Waals surface area (Å²) in [6.07, 6.45) is 5.48. The van der Waals surface area contributed by atoms with Crippen LogP contribution in [0.1, 0.15) is 39.5 Å². The number of aromatic nitrogens is 1. The van der Waals surface area contributed by atoms with Crippen LogP contribution < -0.4 is 10.2 Å². The maximum absolute atomic E-state index is 9.21. The fourth-order valence-electron chi connectivity index (χ4n) is 2.86. The van der Waals surface area contributed by atoms with Gasteiger partial charge in [-0.25, -0.2) is 4.98 Å². The predicted molar refractivity (Wildman–Crippen MR) is 93.4 cm³/mol. The largest absolute Gasteiger partial charge is 0.396 e. The summed E-state index contributed by atoms with van der Waals surface area (Å²) >= 11 is 0. The highest BCUT2D eigenvalue weighted by molar-refractivity contribution is 5.49. The molecular formula is C18H28N4O. The first-order valence-electron chi connectivity index (χ1n) is 8.47. The molecule has 0 radical (unpaired) electrons. The highest BCUT2D eigenvalue weighted by Gasteiger charge is 2.19. The van der Waals surface area contributed by atoms with E-state index in [2.05, 4.69) is 41.2 Å². The van der Waals surface area contributed by atoms with Crippen molar-refractivity contribution in [2.45, 2.75) is 39.5 Å². The molecule has 1 aliphatic rings. The zero-order chi connectivity index (χ0) is 16.7. The number of rotatable bonds is 7. The van der Waals surface area contributed by atoms with Crippen molar-refractivity contribution < 1.29 is 5.11 Å². The Morgan fingerprint density at radius 1 is 1.39 bits per heavy atom. The third-order valence-electron chi connectivity index (χ3n) is 4.65. The predicted octanol–water partition coefficient (Wildman–Crippen LogP) is 3.03. The zero-order valence-corrected chi connectivity index (χ0v) is 14.3. The van der Waals surface area contributed by atoms with E-state index in [1.165, 1.54) is 0 Å². The summed E-state index contributed by atoms with van der Waals surface area (Å²) in [5.74, 6) is 1.33. The summed E-state index contributed by atoms with van der Waals surface area (Å²) in [6.45, 7) is 7.41. The van der Waals surface area contributed by atoms with Gasteiger partial charge in [-0.1, -0.05) is 13.8 Å². The highest BCUT2D eigenvalue weighted by atomic mass is 16.3. The van der Waals surface area contributed by atoms with E-state index in [0.29, 0.717) is 18.9 Å². The number of aliphatic hydroxyl groups is 1. The normalized spacial score (nSPS) is 16.2. The van der Waals surface area contributed by atoms with Crippen molar-refractivity contribution in [1.29, 1.82) is 5.26 Å². The maximum atomic E-state index is 9.21. The Labute approximate surface area is 139 Å². The molecule has 5 heteroatoms. The van der Waals surface area contributed by atoms with E-state index in [0.717, 1.165) is 50.4 Å². The van der Waals surface area contributed by atoms with E-state index in [4.69, 9.17) is 5.26 Å². The molecule has 0 bridgehead atoms. The number of anilines is 2. The van der Waals surface area contributed by atoms with Crippen LogP contribution in [0.5, 0.6) is 0 Å². The van der Waals surface area contributed by atoms with Crippen molar-refractivity contribution in [3.05, 3.63) is 18.3 Å². The standard InChI is InChI=1S/C18H28N4O/c1-18(2,8-3-9-19)14-21-17-5-4-16(12-20-17)22-10-6-15(13-23)7-11-22/h4-5,12,15,23H,3,6-8,10-11,13-14H2,1-2H3,(H,20,21). The summed E-state index contributed by atoms with van der Waals surface area (Å²) in [4.78, 5) is 6.84. The molecule has 2 heterocycles. The van der Waals surface area contributed by atoms with Crippen LogP contribution in [-0.4, -0.2) is 36.3 Å². The van der Waals surface area contributed by atoms with Gasteiger partial charge in [-0.05, 0) is 42.7 Å². The number of hydrogen-bond acceptors (Lipinski definition) is 5. The third-order valence-corrected chi connectivity index (χ3v) is 4.65. The summed E-state index contributed by atoms with van der Waals surface area (Å²) in [5, 5.41) is 21.3. The molecule has 1 aromatic heterocycles. The molecule has 5 nitrogen and oxygen atoms in total.